The first kappa shape index (κ1) is 17.9. The van der Waals surface area contributed by atoms with Crippen LogP contribution in [0.1, 0.15) is 73.1 Å². The van der Waals surface area contributed by atoms with Crippen LogP contribution in [0.15, 0.2) is 0 Å². The van der Waals surface area contributed by atoms with Crippen molar-refractivity contribution in [2.45, 2.75) is 73.1 Å². The predicted octanol–water partition coefficient (Wildman–Crippen LogP) is 4.15. The van der Waals surface area contributed by atoms with E-state index in [1.165, 1.54) is 25.7 Å². The van der Waals surface area contributed by atoms with Crippen LogP contribution in [-0.4, -0.2) is 12.5 Å². The fourth-order valence-electron chi connectivity index (χ4n) is 1.30. The molecule has 2 nitrogen and oxygen atoms in total. The third-order valence-electron chi connectivity index (χ3n) is 2.21. The first-order valence-corrected chi connectivity index (χ1v) is 6.93. The summed E-state index contributed by atoms with van der Waals surface area (Å²) in [5.41, 5.74) is 0. The zero-order valence-electron chi connectivity index (χ0n) is 11.9. The maximum atomic E-state index is 11.3. The summed E-state index contributed by atoms with van der Waals surface area (Å²) in [6.07, 6.45) is 6.78. The summed E-state index contributed by atoms with van der Waals surface area (Å²) in [6, 6.07) is 0. The topological polar surface area (TPSA) is 29.1 Å². The minimum absolute atomic E-state index is 0.218. The molecule has 0 aromatic rings. The molecule has 0 aromatic heterocycles. The first-order chi connectivity index (χ1) is 7.66. The van der Waals surface area contributed by atoms with Gasteiger partial charge in [0, 0.05) is 13.0 Å². The highest BCUT2D eigenvalue weighted by molar-refractivity contribution is 5.75. The van der Waals surface area contributed by atoms with Gasteiger partial charge in [-0.25, -0.2) is 0 Å². The van der Waals surface area contributed by atoms with E-state index < -0.39 is 0 Å². The van der Waals surface area contributed by atoms with E-state index >= 15 is 0 Å². The molecule has 0 atom stereocenters. The highest BCUT2D eigenvalue weighted by atomic mass is 16.1. The molecule has 0 bridgehead atoms. The highest BCUT2D eigenvalue weighted by Crippen LogP contribution is 2.04. The number of rotatable bonds is 8. The number of carbonyl (C=O) groups excluding carboxylic acids is 1. The molecule has 0 aliphatic rings. The molecule has 0 saturated carbocycles. The van der Waals surface area contributed by atoms with E-state index in [1.807, 2.05) is 13.8 Å². The summed E-state index contributed by atoms with van der Waals surface area (Å²) in [6.45, 7) is 11.2. The van der Waals surface area contributed by atoms with Gasteiger partial charge in [0.25, 0.3) is 0 Å². The monoisotopic (exact) mass is 229 g/mol. The van der Waals surface area contributed by atoms with Crippen LogP contribution in [-0.2, 0) is 4.79 Å². The summed E-state index contributed by atoms with van der Waals surface area (Å²) in [7, 11) is 0. The molecule has 0 radical (unpaired) electrons. The van der Waals surface area contributed by atoms with Crippen LogP contribution < -0.4 is 5.32 Å². The summed E-state index contributed by atoms with van der Waals surface area (Å²) in [5.74, 6) is 0.772. The van der Waals surface area contributed by atoms with Crippen molar-refractivity contribution in [3.63, 3.8) is 0 Å². The van der Waals surface area contributed by atoms with Crippen molar-refractivity contribution in [2.75, 3.05) is 6.54 Å². The number of amides is 1. The number of hydrogen-bond acceptors (Lipinski definition) is 1. The molecule has 0 aromatic carbocycles. The number of unbranched alkanes of at least 4 members (excludes halogenated alkanes) is 4. The predicted molar refractivity (Wildman–Crippen MR) is 72.6 cm³/mol. The van der Waals surface area contributed by atoms with Crippen LogP contribution in [0.3, 0.4) is 0 Å². The van der Waals surface area contributed by atoms with Crippen LogP contribution in [0, 0.1) is 5.92 Å². The maximum Gasteiger partial charge on any atom is 0.220 e. The number of hydrogen-bond donors (Lipinski definition) is 1. The molecule has 0 aliphatic heterocycles. The summed E-state index contributed by atoms with van der Waals surface area (Å²) in [4.78, 5) is 11.3. The van der Waals surface area contributed by atoms with E-state index in [0.29, 0.717) is 12.3 Å². The molecule has 0 fully saturated rings. The average molecular weight is 229 g/mol. The van der Waals surface area contributed by atoms with Gasteiger partial charge in [-0.1, -0.05) is 60.3 Å². The maximum absolute atomic E-state index is 11.3. The second-order valence-electron chi connectivity index (χ2n) is 4.36. The van der Waals surface area contributed by atoms with Gasteiger partial charge in [0.05, 0.1) is 0 Å². The van der Waals surface area contributed by atoms with Crippen LogP contribution in [0.4, 0.5) is 0 Å². The molecule has 0 heterocycles. The van der Waals surface area contributed by atoms with Gasteiger partial charge in [-0.3, -0.25) is 4.79 Å². The van der Waals surface area contributed by atoms with E-state index in [9.17, 15) is 4.79 Å². The summed E-state index contributed by atoms with van der Waals surface area (Å²) >= 11 is 0. The van der Waals surface area contributed by atoms with Gasteiger partial charge in [0.15, 0.2) is 0 Å². The molecule has 0 aliphatic carbocycles. The Balaban J connectivity index is 0. The fraction of sp³-hybridized carbons (Fsp3) is 0.929. The smallest absolute Gasteiger partial charge is 0.220 e. The van der Waals surface area contributed by atoms with E-state index in [2.05, 4.69) is 26.1 Å². The van der Waals surface area contributed by atoms with Crippen molar-refractivity contribution >= 4 is 5.91 Å². The average Bonchev–Trinajstić information content (AvgIpc) is 2.29. The zero-order valence-corrected chi connectivity index (χ0v) is 11.9. The van der Waals surface area contributed by atoms with Crippen molar-refractivity contribution in [3.8, 4) is 0 Å². The number of nitrogens with one attached hydrogen (secondary N) is 1. The molecular weight excluding hydrogens is 198 g/mol. The molecule has 1 amide bonds. The summed E-state index contributed by atoms with van der Waals surface area (Å²) < 4.78 is 0. The molecule has 0 unspecified atom stereocenters. The largest absolute Gasteiger partial charge is 0.356 e. The Morgan fingerprint density at radius 1 is 1.06 bits per heavy atom. The lowest BCUT2D eigenvalue weighted by atomic mass is 10.1. The molecule has 0 spiro atoms. The van der Waals surface area contributed by atoms with Crippen molar-refractivity contribution in [1.29, 1.82) is 0 Å². The minimum Gasteiger partial charge on any atom is -0.356 e. The van der Waals surface area contributed by atoms with Gasteiger partial charge in [-0.05, 0) is 12.3 Å². The Bertz CT molecular complexity index is 144. The Hall–Kier alpha value is -0.530. The Morgan fingerprint density at radius 3 is 2.12 bits per heavy atom. The second kappa shape index (κ2) is 14.5. The van der Waals surface area contributed by atoms with Gasteiger partial charge in [0.1, 0.15) is 0 Å². The first-order valence-electron chi connectivity index (χ1n) is 6.93. The van der Waals surface area contributed by atoms with Crippen molar-refractivity contribution < 1.29 is 4.79 Å². The normalized spacial score (nSPS) is 9.62. The third kappa shape index (κ3) is 15.9. The molecule has 0 rings (SSSR count). The SMILES string of the molecule is CC.CCCCCCCC(=O)NCC(C)C. The number of carbonyl (C=O) groups is 1. The molecular formula is C14H31NO. The lowest BCUT2D eigenvalue weighted by Gasteiger charge is -2.07. The van der Waals surface area contributed by atoms with Gasteiger partial charge in [0.2, 0.25) is 5.91 Å². The third-order valence-corrected chi connectivity index (χ3v) is 2.21. The van der Waals surface area contributed by atoms with Crippen molar-refractivity contribution in [3.05, 3.63) is 0 Å². The molecule has 98 valence electrons. The summed E-state index contributed by atoms with van der Waals surface area (Å²) in [5, 5.41) is 2.93. The van der Waals surface area contributed by atoms with Gasteiger partial charge in [-0.15, -0.1) is 0 Å². The fourth-order valence-corrected chi connectivity index (χ4v) is 1.30. The van der Waals surface area contributed by atoms with Crippen LogP contribution in [0.5, 0.6) is 0 Å². The molecule has 1 N–H and O–H groups in total. The Labute approximate surface area is 102 Å². The van der Waals surface area contributed by atoms with Gasteiger partial charge >= 0.3 is 0 Å². The zero-order chi connectivity index (χ0) is 12.8. The van der Waals surface area contributed by atoms with Crippen molar-refractivity contribution in [2.24, 2.45) is 5.92 Å². The lowest BCUT2D eigenvalue weighted by Crippen LogP contribution is -2.26. The van der Waals surface area contributed by atoms with E-state index in [4.69, 9.17) is 0 Å². The highest BCUT2D eigenvalue weighted by Gasteiger charge is 2.01. The quantitative estimate of drug-likeness (QED) is 0.623. The van der Waals surface area contributed by atoms with Crippen LogP contribution in [0.2, 0.25) is 0 Å². The molecule has 16 heavy (non-hydrogen) atoms. The molecule has 0 saturated heterocycles. The van der Waals surface area contributed by atoms with Crippen LogP contribution in [0.25, 0.3) is 0 Å². The second-order valence-corrected chi connectivity index (χ2v) is 4.36. The van der Waals surface area contributed by atoms with Crippen LogP contribution >= 0.6 is 0 Å². The Kier molecular flexibility index (Phi) is 16.1. The van der Waals surface area contributed by atoms with E-state index in [-0.39, 0.29) is 5.91 Å². The van der Waals surface area contributed by atoms with Gasteiger partial charge < -0.3 is 5.32 Å². The van der Waals surface area contributed by atoms with E-state index in [1.54, 1.807) is 0 Å². The minimum atomic E-state index is 0.218. The standard InChI is InChI=1S/C12H25NO.C2H6/c1-4-5-6-7-8-9-12(14)13-10-11(2)3;1-2/h11H,4-10H2,1-3H3,(H,13,14);1-2H3. The lowest BCUT2D eigenvalue weighted by molar-refractivity contribution is -0.121. The molecule has 2 heteroatoms. The van der Waals surface area contributed by atoms with Crippen molar-refractivity contribution in [1.82, 2.24) is 5.32 Å². The van der Waals surface area contributed by atoms with E-state index in [0.717, 1.165) is 13.0 Å². The van der Waals surface area contributed by atoms with Gasteiger partial charge in [-0.2, -0.15) is 0 Å². The Morgan fingerprint density at radius 2 is 1.62 bits per heavy atom.